The fourth-order valence-electron chi connectivity index (χ4n) is 1.81. The van der Waals surface area contributed by atoms with Crippen molar-refractivity contribution in [3.8, 4) is 5.75 Å². The molecule has 1 rings (SSSR count). The van der Waals surface area contributed by atoms with Crippen LogP contribution in [0.3, 0.4) is 0 Å². The molecule has 1 aromatic carbocycles. The van der Waals surface area contributed by atoms with Crippen molar-refractivity contribution < 1.29 is 4.74 Å². The Bertz CT molecular complexity index is 350. The number of hydrogen-bond donors (Lipinski definition) is 2. The first kappa shape index (κ1) is 14.0. The van der Waals surface area contributed by atoms with Crippen molar-refractivity contribution in [2.75, 3.05) is 20.2 Å². The third-order valence-corrected chi connectivity index (χ3v) is 2.93. The molecular formula is C14H24N2O. The molecule has 3 heteroatoms. The fourth-order valence-corrected chi connectivity index (χ4v) is 1.81. The zero-order chi connectivity index (χ0) is 12.8. The van der Waals surface area contributed by atoms with Gasteiger partial charge in [0, 0.05) is 18.2 Å². The highest BCUT2D eigenvalue weighted by Gasteiger charge is 2.13. The molecular weight excluding hydrogens is 212 g/mol. The first-order valence-corrected chi connectivity index (χ1v) is 6.24. The number of likely N-dealkylation sites (N-methyl/N-ethyl adjacent to an activating group) is 1. The van der Waals surface area contributed by atoms with Crippen molar-refractivity contribution in [3.63, 3.8) is 0 Å². The van der Waals surface area contributed by atoms with Crippen molar-refractivity contribution in [3.05, 3.63) is 29.3 Å². The molecule has 0 bridgehead atoms. The average Bonchev–Trinajstić information content (AvgIpc) is 2.34. The number of rotatable bonds is 6. The van der Waals surface area contributed by atoms with E-state index in [1.807, 2.05) is 6.07 Å². The zero-order valence-electron chi connectivity index (χ0n) is 11.3. The number of ether oxygens (including phenoxy) is 1. The summed E-state index contributed by atoms with van der Waals surface area (Å²) in [4.78, 5) is 0. The van der Waals surface area contributed by atoms with Gasteiger partial charge in [-0.1, -0.05) is 32.9 Å². The summed E-state index contributed by atoms with van der Waals surface area (Å²) in [6.45, 7) is 8.14. The Balaban J connectivity index is 2.96. The molecule has 96 valence electrons. The van der Waals surface area contributed by atoms with Crippen LogP contribution in [-0.4, -0.2) is 20.2 Å². The van der Waals surface area contributed by atoms with Crippen molar-refractivity contribution in [2.24, 2.45) is 5.73 Å². The van der Waals surface area contributed by atoms with Crippen molar-refractivity contribution >= 4 is 0 Å². The van der Waals surface area contributed by atoms with E-state index in [1.54, 1.807) is 7.11 Å². The molecule has 17 heavy (non-hydrogen) atoms. The third kappa shape index (κ3) is 3.72. The van der Waals surface area contributed by atoms with Crippen molar-refractivity contribution in [2.45, 2.75) is 32.7 Å². The van der Waals surface area contributed by atoms with E-state index < -0.39 is 0 Å². The van der Waals surface area contributed by atoms with Gasteiger partial charge >= 0.3 is 0 Å². The molecule has 0 saturated heterocycles. The van der Waals surface area contributed by atoms with Crippen LogP contribution in [0, 0.1) is 0 Å². The van der Waals surface area contributed by atoms with Crippen molar-refractivity contribution in [1.29, 1.82) is 0 Å². The predicted molar refractivity (Wildman–Crippen MR) is 72.6 cm³/mol. The standard InChI is InChI=1S/C14H24N2O/c1-5-16-9-13(15)12-8-11(10(2)3)6-7-14(12)17-4/h6-8,10,13,16H,5,9,15H2,1-4H3. The molecule has 1 atom stereocenters. The van der Waals surface area contributed by atoms with Gasteiger partial charge in [-0.15, -0.1) is 0 Å². The lowest BCUT2D eigenvalue weighted by molar-refractivity contribution is 0.404. The van der Waals surface area contributed by atoms with Crippen LogP contribution in [0.1, 0.15) is 43.9 Å². The van der Waals surface area contributed by atoms with Crippen LogP contribution < -0.4 is 15.8 Å². The summed E-state index contributed by atoms with van der Waals surface area (Å²) < 4.78 is 5.37. The molecule has 1 aromatic rings. The molecule has 0 fully saturated rings. The van der Waals surface area contributed by atoms with Gasteiger partial charge in [-0.2, -0.15) is 0 Å². The summed E-state index contributed by atoms with van der Waals surface area (Å²) in [7, 11) is 1.69. The second kappa shape index (κ2) is 6.62. The number of hydrogen-bond acceptors (Lipinski definition) is 3. The first-order chi connectivity index (χ1) is 8.10. The first-order valence-electron chi connectivity index (χ1n) is 6.24. The van der Waals surface area contributed by atoms with Crippen LogP contribution in [-0.2, 0) is 0 Å². The SMILES string of the molecule is CCNCC(N)c1cc(C(C)C)ccc1OC. The van der Waals surface area contributed by atoms with Crippen LogP contribution in [0.4, 0.5) is 0 Å². The summed E-state index contributed by atoms with van der Waals surface area (Å²) in [5.74, 6) is 1.38. The van der Waals surface area contributed by atoms with Crippen LogP contribution in [0.25, 0.3) is 0 Å². The van der Waals surface area contributed by atoms with Gasteiger partial charge in [-0.05, 0) is 24.1 Å². The molecule has 0 aromatic heterocycles. The highest BCUT2D eigenvalue weighted by atomic mass is 16.5. The topological polar surface area (TPSA) is 47.3 Å². The predicted octanol–water partition coefficient (Wildman–Crippen LogP) is 2.43. The largest absolute Gasteiger partial charge is 0.496 e. The second-order valence-electron chi connectivity index (χ2n) is 4.57. The van der Waals surface area contributed by atoms with Crippen LogP contribution in [0.15, 0.2) is 18.2 Å². The average molecular weight is 236 g/mol. The molecule has 1 unspecified atom stereocenters. The smallest absolute Gasteiger partial charge is 0.123 e. The lowest BCUT2D eigenvalue weighted by Crippen LogP contribution is -2.27. The quantitative estimate of drug-likeness (QED) is 0.797. The Morgan fingerprint density at radius 3 is 2.59 bits per heavy atom. The summed E-state index contributed by atoms with van der Waals surface area (Å²) in [6, 6.07) is 6.25. The number of benzene rings is 1. The molecule has 3 nitrogen and oxygen atoms in total. The molecule has 0 aliphatic heterocycles. The summed E-state index contributed by atoms with van der Waals surface area (Å²) in [5.41, 5.74) is 8.57. The van der Waals surface area contributed by atoms with E-state index in [4.69, 9.17) is 10.5 Å². The lowest BCUT2D eigenvalue weighted by Gasteiger charge is -2.18. The van der Waals surface area contributed by atoms with Gasteiger partial charge in [0.2, 0.25) is 0 Å². The van der Waals surface area contributed by atoms with Gasteiger partial charge in [0.05, 0.1) is 7.11 Å². The maximum atomic E-state index is 6.18. The minimum Gasteiger partial charge on any atom is -0.496 e. The van der Waals surface area contributed by atoms with E-state index >= 15 is 0 Å². The molecule has 3 N–H and O–H groups in total. The summed E-state index contributed by atoms with van der Waals surface area (Å²) in [5, 5.41) is 3.27. The Morgan fingerprint density at radius 2 is 2.06 bits per heavy atom. The Morgan fingerprint density at radius 1 is 1.35 bits per heavy atom. The maximum absolute atomic E-state index is 6.18. The van der Waals surface area contributed by atoms with E-state index in [2.05, 4.69) is 38.2 Å². The maximum Gasteiger partial charge on any atom is 0.123 e. The molecule has 0 amide bonds. The minimum absolute atomic E-state index is 0.0244. The highest BCUT2D eigenvalue weighted by molar-refractivity contribution is 5.40. The third-order valence-electron chi connectivity index (χ3n) is 2.93. The Kier molecular flexibility index (Phi) is 5.45. The number of nitrogens with one attached hydrogen (secondary N) is 1. The molecule has 0 spiro atoms. The van der Waals surface area contributed by atoms with E-state index in [9.17, 15) is 0 Å². The summed E-state index contributed by atoms with van der Waals surface area (Å²) >= 11 is 0. The van der Waals surface area contributed by atoms with E-state index in [1.165, 1.54) is 5.56 Å². The van der Waals surface area contributed by atoms with Gasteiger partial charge in [-0.25, -0.2) is 0 Å². The summed E-state index contributed by atoms with van der Waals surface area (Å²) in [6.07, 6.45) is 0. The Hall–Kier alpha value is -1.06. The monoisotopic (exact) mass is 236 g/mol. The zero-order valence-corrected chi connectivity index (χ0v) is 11.3. The van der Waals surface area contributed by atoms with Gasteiger partial charge in [0.1, 0.15) is 5.75 Å². The van der Waals surface area contributed by atoms with E-state index in [0.29, 0.717) is 5.92 Å². The molecule has 0 saturated carbocycles. The second-order valence-corrected chi connectivity index (χ2v) is 4.57. The van der Waals surface area contributed by atoms with Crippen LogP contribution in [0.5, 0.6) is 5.75 Å². The van der Waals surface area contributed by atoms with Crippen LogP contribution >= 0.6 is 0 Å². The molecule has 0 radical (unpaired) electrons. The molecule has 0 aliphatic carbocycles. The highest BCUT2D eigenvalue weighted by Crippen LogP contribution is 2.27. The van der Waals surface area contributed by atoms with Crippen LogP contribution in [0.2, 0.25) is 0 Å². The van der Waals surface area contributed by atoms with Gasteiger partial charge in [-0.3, -0.25) is 0 Å². The minimum atomic E-state index is -0.0244. The van der Waals surface area contributed by atoms with Gasteiger partial charge < -0.3 is 15.8 Å². The number of methoxy groups -OCH3 is 1. The Labute approximate surface area is 104 Å². The van der Waals surface area contributed by atoms with Gasteiger partial charge in [0.15, 0.2) is 0 Å². The molecule has 0 aliphatic rings. The fraction of sp³-hybridized carbons (Fsp3) is 0.571. The van der Waals surface area contributed by atoms with Crippen molar-refractivity contribution in [1.82, 2.24) is 5.32 Å². The lowest BCUT2D eigenvalue weighted by atomic mass is 9.97. The molecule has 0 heterocycles. The van der Waals surface area contributed by atoms with E-state index in [-0.39, 0.29) is 6.04 Å². The van der Waals surface area contributed by atoms with E-state index in [0.717, 1.165) is 24.4 Å². The normalized spacial score (nSPS) is 12.8. The number of nitrogens with two attached hydrogens (primary N) is 1. The van der Waals surface area contributed by atoms with Gasteiger partial charge in [0.25, 0.3) is 0 Å².